The van der Waals surface area contributed by atoms with Crippen LogP contribution in [0.4, 0.5) is 0 Å². The average molecular weight is 114 g/mol. The highest BCUT2D eigenvalue weighted by Gasteiger charge is 2.20. The van der Waals surface area contributed by atoms with Crippen molar-refractivity contribution < 1.29 is 4.74 Å². The van der Waals surface area contributed by atoms with E-state index in [9.17, 15) is 0 Å². The Hall–Kier alpha value is -0.0800. The van der Waals surface area contributed by atoms with Gasteiger partial charge in [0, 0.05) is 13.7 Å². The molecule has 0 spiro atoms. The van der Waals surface area contributed by atoms with E-state index >= 15 is 0 Å². The van der Waals surface area contributed by atoms with Gasteiger partial charge in [0.05, 0.1) is 0 Å². The topological polar surface area (TPSA) is 12.5 Å². The molecule has 0 aromatic carbocycles. The SMILES string of the molecule is CO[C]1CCCN1C. The summed E-state index contributed by atoms with van der Waals surface area (Å²) in [5, 5.41) is 0. The van der Waals surface area contributed by atoms with Crippen LogP contribution < -0.4 is 0 Å². The Morgan fingerprint density at radius 2 is 2.38 bits per heavy atom. The van der Waals surface area contributed by atoms with Crippen LogP contribution in [0, 0.1) is 6.23 Å². The van der Waals surface area contributed by atoms with Crippen LogP contribution in [0.3, 0.4) is 0 Å². The molecular formula is C6H12NO. The van der Waals surface area contributed by atoms with Gasteiger partial charge in [-0.05, 0) is 19.9 Å². The third-order valence-electron chi connectivity index (χ3n) is 1.55. The lowest BCUT2D eigenvalue weighted by Crippen LogP contribution is -2.18. The first-order valence-electron chi connectivity index (χ1n) is 2.95. The van der Waals surface area contributed by atoms with Gasteiger partial charge in [0.25, 0.3) is 0 Å². The molecule has 47 valence electrons. The fourth-order valence-corrected chi connectivity index (χ4v) is 1.04. The first-order chi connectivity index (χ1) is 3.84. The molecule has 1 heterocycles. The maximum absolute atomic E-state index is 5.07. The summed E-state index contributed by atoms with van der Waals surface area (Å²) in [4.78, 5) is 2.15. The second kappa shape index (κ2) is 2.46. The van der Waals surface area contributed by atoms with Crippen molar-refractivity contribution in [2.45, 2.75) is 12.8 Å². The fraction of sp³-hybridized carbons (Fsp3) is 0.833. The monoisotopic (exact) mass is 114 g/mol. The largest absolute Gasteiger partial charge is 0.359 e. The second-order valence-corrected chi connectivity index (χ2v) is 2.12. The van der Waals surface area contributed by atoms with Gasteiger partial charge in [-0.1, -0.05) is 0 Å². The van der Waals surface area contributed by atoms with Crippen LogP contribution in [0.1, 0.15) is 12.8 Å². The van der Waals surface area contributed by atoms with Gasteiger partial charge in [0.15, 0.2) is 6.23 Å². The van der Waals surface area contributed by atoms with Crippen molar-refractivity contribution in [3.05, 3.63) is 6.23 Å². The van der Waals surface area contributed by atoms with Crippen LogP contribution in [-0.4, -0.2) is 25.6 Å². The third-order valence-corrected chi connectivity index (χ3v) is 1.55. The van der Waals surface area contributed by atoms with Crippen LogP contribution in [0.15, 0.2) is 0 Å². The second-order valence-electron chi connectivity index (χ2n) is 2.12. The summed E-state index contributed by atoms with van der Waals surface area (Å²) in [6, 6.07) is 0. The Morgan fingerprint density at radius 1 is 1.62 bits per heavy atom. The molecule has 1 aliphatic rings. The van der Waals surface area contributed by atoms with Crippen molar-refractivity contribution in [1.82, 2.24) is 4.90 Å². The van der Waals surface area contributed by atoms with E-state index in [1.165, 1.54) is 6.42 Å². The summed E-state index contributed by atoms with van der Waals surface area (Å²) in [5.41, 5.74) is 0. The standard InChI is InChI=1S/C6H12NO/c1-7-5-3-4-6(7)8-2/h3-5H2,1-2H3. The molecule has 1 saturated heterocycles. The van der Waals surface area contributed by atoms with Crippen LogP contribution >= 0.6 is 0 Å². The van der Waals surface area contributed by atoms with E-state index in [0.29, 0.717) is 0 Å². The first kappa shape index (κ1) is 6.05. The summed E-state index contributed by atoms with van der Waals surface area (Å²) in [6.45, 7) is 1.16. The number of likely N-dealkylation sites (tertiary alicyclic amines) is 1. The number of hydrogen-bond acceptors (Lipinski definition) is 2. The third kappa shape index (κ3) is 1.01. The van der Waals surface area contributed by atoms with Crippen molar-refractivity contribution in [1.29, 1.82) is 0 Å². The molecule has 1 fully saturated rings. The fourth-order valence-electron chi connectivity index (χ4n) is 1.04. The highest BCUT2D eigenvalue weighted by atomic mass is 16.5. The molecule has 0 aliphatic carbocycles. The summed E-state index contributed by atoms with van der Waals surface area (Å²) >= 11 is 0. The normalized spacial score (nSPS) is 24.8. The molecule has 1 rings (SSSR count). The Balaban J connectivity index is 2.30. The van der Waals surface area contributed by atoms with Gasteiger partial charge in [-0.3, -0.25) is 4.90 Å². The van der Waals surface area contributed by atoms with E-state index in [-0.39, 0.29) is 0 Å². The Labute approximate surface area is 50.4 Å². The molecule has 2 heteroatoms. The molecule has 0 aromatic heterocycles. The minimum absolute atomic E-state index is 1.12. The smallest absolute Gasteiger partial charge is 0.164 e. The molecule has 0 amide bonds. The van der Waals surface area contributed by atoms with Crippen LogP contribution in [0.2, 0.25) is 0 Å². The van der Waals surface area contributed by atoms with Crippen LogP contribution in [0.25, 0.3) is 0 Å². The predicted octanol–water partition coefficient (Wildman–Crippen LogP) is 0.848. The maximum atomic E-state index is 5.07. The van der Waals surface area contributed by atoms with E-state index < -0.39 is 0 Å². The molecule has 8 heavy (non-hydrogen) atoms. The quantitative estimate of drug-likeness (QED) is 0.501. The molecule has 1 radical (unpaired) electrons. The lowest BCUT2D eigenvalue weighted by Gasteiger charge is -2.14. The van der Waals surface area contributed by atoms with E-state index in [0.717, 1.165) is 19.2 Å². The van der Waals surface area contributed by atoms with Gasteiger partial charge in [-0.25, -0.2) is 0 Å². The number of methoxy groups -OCH3 is 1. The Bertz CT molecular complexity index is 74.9. The minimum Gasteiger partial charge on any atom is -0.359 e. The highest BCUT2D eigenvalue weighted by Crippen LogP contribution is 2.21. The summed E-state index contributed by atoms with van der Waals surface area (Å²) < 4.78 is 5.07. The summed E-state index contributed by atoms with van der Waals surface area (Å²) in [6.07, 6.45) is 3.50. The zero-order valence-corrected chi connectivity index (χ0v) is 5.48. The first-order valence-corrected chi connectivity index (χ1v) is 2.95. The number of ether oxygens (including phenoxy) is 1. The minimum atomic E-state index is 1.12. The predicted molar refractivity (Wildman–Crippen MR) is 32.1 cm³/mol. The van der Waals surface area contributed by atoms with Gasteiger partial charge < -0.3 is 4.74 Å². The van der Waals surface area contributed by atoms with E-state index in [1.807, 2.05) is 0 Å². The number of rotatable bonds is 1. The summed E-state index contributed by atoms with van der Waals surface area (Å²) in [7, 11) is 3.79. The molecule has 1 aliphatic heterocycles. The van der Waals surface area contributed by atoms with Gasteiger partial charge in [-0.15, -0.1) is 0 Å². The van der Waals surface area contributed by atoms with Gasteiger partial charge >= 0.3 is 0 Å². The number of nitrogens with zero attached hydrogens (tertiary/aromatic N) is 1. The van der Waals surface area contributed by atoms with Crippen LogP contribution in [0.5, 0.6) is 0 Å². The van der Waals surface area contributed by atoms with Gasteiger partial charge in [0.2, 0.25) is 0 Å². The molecule has 0 saturated carbocycles. The molecular weight excluding hydrogens is 102 g/mol. The van der Waals surface area contributed by atoms with Crippen molar-refractivity contribution in [2.24, 2.45) is 0 Å². The van der Waals surface area contributed by atoms with E-state index in [1.54, 1.807) is 7.11 Å². The van der Waals surface area contributed by atoms with Gasteiger partial charge in [0.1, 0.15) is 0 Å². The molecule has 0 unspecified atom stereocenters. The Morgan fingerprint density at radius 3 is 2.62 bits per heavy atom. The molecule has 0 atom stereocenters. The maximum Gasteiger partial charge on any atom is 0.164 e. The highest BCUT2D eigenvalue weighted by molar-refractivity contribution is 4.83. The molecule has 2 nitrogen and oxygen atoms in total. The van der Waals surface area contributed by atoms with Crippen molar-refractivity contribution >= 4 is 0 Å². The van der Waals surface area contributed by atoms with Gasteiger partial charge in [-0.2, -0.15) is 0 Å². The zero-order valence-electron chi connectivity index (χ0n) is 5.48. The van der Waals surface area contributed by atoms with Crippen LogP contribution in [-0.2, 0) is 4.74 Å². The van der Waals surface area contributed by atoms with Crippen molar-refractivity contribution in [3.8, 4) is 0 Å². The Kier molecular flexibility index (Phi) is 1.86. The number of hydrogen-bond donors (Lipinski definition) is 0. The van der Waals surface area contributed by atoms with E-state index in [4.69, 9.17) is 4.74 Å². The molecule has 0 N–H and O–H groups in total. The zero-order chi connectivity index (χ0) is 5.98. The lowest BCUT2D eigenvalue weighted by molar-refractivity contribution is 0.113. The average Bonchev–Trinajstić information content (AvgIpc) is 2.14. The molecule has 0 aromatic rings. The lowest BCUT2D eigenvalue weighted by atomic mass is 10.4. The van der Waals surface area contributed by atoms with E-state index in [2.05, 4.69) is 11.9 Å². The van der Waals surface area contributed by atoms with Crippen molar-refractivity contribution in [3.63, 3.8) is 0 Å². The van der Waals surface area contributed by atoms with Crippen molar-refractivity contribution in [2.75, 3.05) is 20.7 Å². The molecule has 0 bridgehead atoms. The summed E-state index contributed by atoms with van der Waals surface area (Å²) in [5.74, 6) is 0.